The first kappa shape index (κ1) is 23.3. The van der Waals surface area contributed by atoms with E-state index in [1.165, 1.54) is 24.1 Å². The van der Waals surface area contributed by atoms with E-state index >= 15 is 0 Å². The molecule has 2 rings (SSSR count). The molecule has 0 saturated carbocycles. The highest BCUT2D eigenvalue weighted by atomic mass is 19.3. The standard InChI is InChI=1S/C20H19F2N3O6/c1-24(2)19(27)12-4-7-14(8-5-12)23-18(26)9-6-13-10-16(30-3)17(31-20(21)22)11-15(13)25(28)29/h4-11,20H,1-3H3,(H,23,26)/b9-6+. The minimum absolute atomic E-state index is 0.0504. The molecular formula is C20H19F2N3O6. The second-order valence-corrected chi connectivity index (χ2v) is 6.30. The molecular weight excluding hydrogens is 416 g/mol. The number of methoxy groups -OCH3 is 1. The summed E-state index contributed by atoms with van der Waals surface area (Å²) in [6.07, 6.45) is 2.18. The van der Waals surface area contributed by atoms with Gasteiger partial charge in [-0.3, -0.25) is 19.7 Å². The van der Waals surface area contributed by atoms with E-state index in [2.05, 4.69) is 10.1 Å². The van der Waals surface area contributed by atoms with Crippen molar-refractivity contribution in [3.05, 3.63) is 63.7 Å². The van der Waals surface area contributed by atoms with Crippen LogP contribution in [0.15, 0.2) is 42.5 Å². The van der Waals surface area contributed by atoms with Crippen molar-refractivity contribution in [2.24, 2.45) is 0 Å². The predicted molar refractivity (Wildman–Crippen MR) is 108 cm³/mol. The van der Waals surface area contributed by atoms with E-state index < -0.39 is 28.9 Å². The minimum Gasteiger partial charge on any atom is -0.493 e. The van der Waals surface area contributed by atoms with Gasteiger partial charge in [0.05, 0.1) is 23.7 Å². The van der Waals surface area contributed by atoms with Crippen molar-refractivity contribution < 1.29 is 32.8 Å². The minimum atomic E-state index is -3.19. The largest absolute Gasteiger partial charge is 0.493 e. The van der Waals surface area contributed by atoms with E-state index in [0.717, 1.165) is 24.3 Å². The van der Waals surface area contributed by atoms with Gasteiger partial charge in [-0.1, -0.05) is 0 Å². The molecule has 0 aliphatic heterocycles. The van der Waals surface area contributed by atoms with Crippen molar-refractivity contribution in [2.75, 3.05) is 26.5 Å². The first-order chi connectivity index (χ1) is 14.6. The highest BCUT2D eigenvalue weighted by Gasteiger charge is 2.20. The SMILES string of the molecule is COc1cc(/C=C/C(=O)Nc2ccc(C(=O)N(C)C)cc2)c([N+](=O)[O-])cc1OC(F)F. The number of alkyl halides is 2. The summed E-state index contributed by atoms with van der Waals surface area (Å²) < 4.78 is 34.2. The Balaban J connectivity index is 2.21. The molecule has 164 valence electrons. The number of benzene rings is 2. The molecule has 0 spiro atoms. The fourth-order valence-electron chi connectivity index (χ4n) is 2.51. The lowest BCUT2D eigenvalue weighted by Gasteiger charge is -2.11. The third-order valence-corrected chi connectivity index (χ3v) is 3.95. The highest BCUT2D eigenvalue weighted by Crippen LogP contribution is 2.36. The molecule has 0 saturated heterocycles. The average molecular weight is 435 g/mol. The number of nitro benzene ring substituents is 1. The zero-order valence-corrected chi connectivity index (χ0v) is 16.8. The van der Waals surface area contributed by atoms with Crippen molar-refractivity contribution in [1.29, 1.82) is 0 Å². The van der Waals surface area contributed by atoms with E-state index in [4.69, 9.17) is 4.74 Å². The summed E-state index contributed by atoms with van der Waals surface area (Å²) in [4.78, 5) is 35.9. The first-order valence-corrected chi connectivity index (χ1v) is 8.74. The Kier molecular flexibility index (Phi) is 7.61. The normalized spacial score (nSPS) is 10.8. The second-order valence-electron chi connectivity index (χ2n) is 6.30. The van der Waals surface area contributed by atoms with Gasteiger partial charge in [0.1, 0.15) is 0 Å². The molecule has 0 bridgehead atoms. The van der Waals surface area contributed by atoms with Gasteiger partial charge in [0.15, 0.2) is 11.5 Å². The molecule has 2 aromatic carbocycles. The van der Waals surface area contributed by atoms with Crippen molar-refractivity contribution in [3.63, 3.8) is 0 Å². The number of nitrogens with zero attached hydrogens (tertiary/aromatic N) is 2. The van der Waals surface area contributed by atoms with Crippen LogP contribution in [0.2, 0.25) is 0 Å². The summed E-state index contributed by atoms with van der Waals surface area (Å²) in [7, 11) is 4.41. The Hall–Kier alpha value is -4.02. The van der Waals surface area contributed by atoms with E-state index in [0.29, 0.717) is 11.3 Å². The highest BCUT2D eigenvalue weighted by molar-refractivity contribution is 6.02. The fraction of sp³-hybridized carbons (Fsp3) is 0.200. The number of amides is 2. The number of nitro groups is 1. The Bertz CT molecular complexity index is 1010. The van der Waals surface area contributed by atoms with E-state index in [1.807, 2.05) is 0 Å². The lowest BCUT2D eigenvalue weighted by molar-refractivity contribution is -0.385. The predicted octanol–water partition coefficient (Wildman–Crippen LogP) is 3.56. The molecule has 0 aliphatic carbocycles. The zero-order valence-electron chi connectivity index (χ0n) is 16.8. The Morgan fingerprint density at radius 1 is 1.16 bits per heavy atom. The van der Waals surface area contributed by atoms with Gasteiger partial charge >= 0.3 is 6.61 Å². The Labute approximate surface area is 176 Å². The number of carbonyl (C=O) groups is 2. The molecule has 2 aromatic rings. The van der Waals surface area contributed by atoms with E-state index in [-0.39, 0.29) is 17.2 Å². The molecule has 0 atom stereocenters. The number of halogens is 2. The smallest absolute Gasteiger partial charge is 0.387 e. The summed E-state index contributed by atoms with van der Waals surface area (Å²) in [5, 5.41) is 13.8. The van der Waals surface area contributed by atoms with Crippen LogP contribution in [0.4, 0.5) is 20.2 Å². The lowest BCUT2D eigenvalue weighted by atomic mass is 10.1. The van der Waals surface area contributed by atoms with Crippen LogP contribution in [0.25, 0.3) is 6.08 Å². The molecule has 0 radical (unpaired) electrons. The summed E-state index contributed by atoms with van der Waals surface area (Å²) in [6, 6.07) is 8.05. The van der Waals surface area contributed by atoms with Gasteiger partial charge in [-0.15, -0.1) is 0 Å². The van der Waals surface area contributed by atoms with Crippen molar-refractivity contribution in [2.45, 2.75) is 6.61 Å². The molecule has 0 unspecified atom stereocenters. The number of rotatable bonds is 8. The fourth-order valence-corrected chi connectivity index (χ4v) is 2.51. The number of ether oxygens (including phenoxy) is 2. The van der Waals surface area contributed by atoms with Gasteiger partial charge in [0.2, 0.25) is 5.91 Å². The number of hydrogen-bond acceptors (Lipinski definition) is 6. The molecule has 0 aromatic heterocycles. The topological polar surface area (TPSA) is 111 Å². The third kappa shape index (κ3) is 6.23. The van der Waals surface area contributed by atoms with Crippen LogP contribution in [-0.2, 0) is 4.79 Å². The van der Waals surface area contributed by atoms with Crippen LogP contribution in [0, 0.1) is 10.1 Å². The maximum Gasteiger partial charge on any atom is 0.387 e. The quantitative estimate of drug-likeness (QED) is 0.386. The summed E-state index contributed by atoms with van der Waals surface area (Å²) in [5.74, 6) is -1.46. The lowest BCUT2D eigenvalue weighted by Crippen LogP contribution is -2.21. The summed E-state index contributed by atoms with van der Waals surface area (Å²) >= 11 is 0. The van der Waals surface area contributed by atoms with E-state index in [1.54, 1.807) is 26.2 Å². The van der Waals surface area contributed by atoms with Crippen molar-refractivity contribution in [3.8, 4) is 11.5 Å². The number of anilines is 1. The molecule has 1 N–H and O–H groups in total. The van der Waals surface area contributed by atoms with Crippen LogP contribution < -0.4 is 14.8 Å². The monoisotopic (exact) mass is 435 g/mol. The average Bonchev–Trinajstić information content (AvgIpc) is 2.71. The van der Waals surface area contributed by atoms with Crippen LogP contribution in [0.3, 0.4) is 0 Å². The van der Waals surface area contributed by atoms with Crippen molar-refractivity contribution >= 4 is 29.3 Å². The first-order valence-electron chi connectivity index (χ1n) is 8.74. The van der Waals surface area contributed by atoms with Crippen LogP contribution in [0.1, 0.15) is 15.9 Å². The molecule has 31 heavy (non-hydrogen) atoms. The van der Waals surface area contributed by atoms with Crippen molar-refractivity contribution in [1.82, 2.24) is 4.90 Å². The maximum absolute atomic E-state index is 12.5. The van der Waals surface area contributed by atoms with Gasteiger partial charge in [-0.05, 0) is 36.4 Å². The maximum atomic E-state index is 12.5. The molecule has 2 amide bonds. The molecule has 0 fully saturated rings. The summed E-state index contributed by atoms with van der Waals surface area (Å²) in [6.45, 7) is -3.19. The van der Waals surface area contributed by atoms with Gasteiger partial charge < -0.3 is 19.7 Å². The van der Waals surface area contributed by atoms with Crippen LogP contribution in [-0.4, -0.2) is 49.5 Å². The van der Waals surface area contributed by atoms with Crippen LogP contribution >= 0.6 is 0 Å². The van der Waals surface area contributed by atoms with E-state index in [9.17, 15) is 28.5 Å². The number of hydrogen-bond donors (Lipinski definition) is 1. The third-order valence-electron chi connectivity index (χ3n) is 3.95. The Morgan fingerprint density at radius 3 is 2.32 bits per heavy atom. The molecule has 0 aliphatic rings. The zero-order chi connectivity index (χ0) is 23.1. The number of carbonyl (C=O) groups excluding carboxylic acids is 2. The van der Waals surface area contributed by atoms with Gasteiger partial charge in [0.25, 0.3) is 11.6 Å². The number of nitrogens with one attached hydrogen (secondary N) is 1. The van der Waals surface area contributed by atoms with Gasteiger partial charge in [0, 0.05) is 31.4 Å². The second kappa shape index (κ2) is 10.1. The molecule has 9 nitrogen and oxygen atoms in total. The van der Waals surface area contributed by atoms with Gasteiger partial charge in [-0.2, -0.15) is 8.78 Å². The summed E-state index contributed by atoms with van der Waals surface area (Å²) in [5.41, 5.74) is 0.239. The Morgan fingerprint density at radius 2 is 1.81 bits per heavy atom. The molecule has 0 heterocycles. The van der Waals surface area contributed by atoms with Gasteiger partial charge in [-0.25, -0.2) is 0 Å². The molecule has 11 heteroatoms. The van der Waals surface area contributed by atoms with Crippen LogP contribution in [0.5, 0.6) is 11.5 Å².